The first-order valence-corrected chi connectivity index (χ1v) is 6.05. The number of methoxy groups -OCH3 is 1. The van der Waals surface area contributed by atoms with Gasteiger partial charge < -0.3 is 9.72 Å². The van der Waals surface area contributed by atoms with Crippen LogP contribution in [0.1, 0.15) is 10.4 Å². The summed E-state index contributed by atoms with van der Waals surface area (Å²) < 4.78 is 18.9. The minimum Gasteiger partial charge on any atom is -0.465 e. The highest BCUT2D eigenvalue weighted by Crippen LogP contribution is 2.15. The number of carbonyl (C=O) groups is 1. The molecule has 0 saturated heterocycles. The molecule has 0 aliphatic carbocycles. The van der Waals surface area contributed by atoms with E-state index in [-0.39, 0.29) is 11.3 Å². The van der Waals surface area contributed by atoms with Crippen LogP contribution in [-0.4, -0.2) is 27.7 Å². The number of carbonyl (C=O) groups excluding carboxylic acids is 1. The van der Waals surface area contributed by atoms with Gasteiger partial charge in [-0.05, 0) is 12.1 Å². The Labute approximate surface area is 117 Å². The molecule has 21 heavy (non-hydrogen) atoms. The summed E-state index contributed by atoms with van der Waals surface area (Å²) in [6.45, 7) is 0. The van der Waals surface area contributed by atoms with Crippen molar-refractivity contribution in [2.45, 2.75) is 0 Å². The van der Waals surface area contributed by atoms with Gasteiger partial charge in [0, 0.05) is 11.6 Å². The first-order chi connectivity index (χ1) is 10.1. The maximum atomic E-state index is 13.2. The molecule has 0 aliphatic heterocycles. The Morgan fingerprint density at radius 3 is 2.71 bits per heavy atom. The molecule has 0 amide bonds. The number of fused-ring (bicyclic) bond motifs is 1. The summed E-state index contributed by atoms with van der Waals surface area (Å²) in [7, 11) is 1.30. The molecule has 0 radical (unpaired) electrons. The summed E-state index contributed by atoms with van der Waals surface area (Å²) in [5.41, 5.74) is 0.663. The number of halogens is 1. The second kappa shape index (κ2) is 4.86. The minimum atomic E-state index is -0.536. The van der Waals surface area contributed by atoms with Gasteiger partial charge in [-0.1, -0.05) is 12.1 Å². The Hall–Kier alpha value is -2.96. The van der Waals surface area contributed by atoms with Crippen molar-refractivity contribution in [2.75, 3.05) is 7.11 Å². The van der Waals surface area contributed by atoms with E-state index in [1.165, 1.54) is 11.6 Å². The van der Waals surface area contributed by atoms with E-state index in [1.807, 2.05) is 0 Å². The quantitative estimate of drug-likeness (QED) is 0.727. The van der Waals surface area contributed by atoms with Gasteiger partial charge >= 0.3 is 5.97 Å². The number of aromatic nitrogens is 3. The van der Waals surface area contributed by atoms with Gasteiger partial charge in [-0.25, -0.2) is 13.7 Å². The van der Waals surface area contributed by atoms with Crippen LogP contribution in [0, 0.1) is 5.82 Å². The zero-order chi connectivity index (χ0) is 15.0. The predicted molar refractivity (Wildman–Crippen MR) is 72.5 cm³/mol. The zero-order valence-electron chi connectivity index (χ0n) is 11.0. The van der Waals surface area contributed by atoms with Crippen molar-refractivity contribution in [1.29, 1.82) is 0 Å². The smallest absolute Gasteiger partial charge is 0.337 e. The van der Waals surface area contributed by atoms with E-state index in [4.69, 9.17) is 0 Å². The van der Waals surface area contributed by atoms with E-state index in [9.17, 15) is 14.0 Å². The molecule has 0 unspecified atom stereocenters. The molecule has 0 atom stereocenters. The number of aromatic amines is 1. The van der Waals surface area contributed by atoms with E-state index in [0.29, 0.717) is 11.1 Å². The average Bonchev–Trinajstić information content (AvgIpc) is 2.87. The summed E-state index contributed by atoms with van der Waals surface area (Å²) in [5.74, 6) is -0.711. The first-order valence-electron chi connectivity index (χ1n) is 6.05. The summed E-state index contributed by atoms with van der Waals surface area (Å²) >= 11 is 0. The molecule has 7 heteroatoms. The number of hydrogen-bond donors (Lipinski definition) is 1. The van der Waals surface area contributed by atoms with Gasteiger partial charge in [0.15, 0.2) is 5.82 Å². The molecule has 0 aliphatic rings. The maximum absolute atomic E-state index is 13.2. The lowest BCUT2D eigenvalue weighted by Gasteiger charge is -2.03. The van der Waals surface area contributed by atoms with Crippen molar-refractivity contribution >= 4 is 11.5 Å². The van der Waals surface area contributed by atoms with Crippen molar-refractivity contribution in [1.82, 2.24) is 14.6 Å². The predicted octanol–water partition coefficient (Wildman–Crippen LogP) is 1.62. The van der Waals surface area contributed by atoms with Crippen LogP contribution in [0.25, 0.3) is 16.9 Å². The number of ether oxygens (including phenoxy) is 1. The Morgan fingerprint density at radius 2 is 2.05 bits per heavy atom. The van der Waals surface area contributed by atoms with Gasteiger partial charge in [-0.2, -0.15) is 0 Å². The van der Waals surface area contributed by atoms with Gasteiger partial charge in [0.2, 0.25) is 0 Å². The Bertz CT molecular complexity index is 881. The molecule has 2 aromatic heterocycles. The van der Waals surface area contributed by atoms with Gasteiger partial charge in [0.05, 0.1) is 18.9 Å². The molecular formula is C14H10FN3O3. The first kappa shape index (κ1) is 13.0. The standard InChI is InChI=1S/C14H10FN3O3/c1-21-14(20)9-4-2-8(3-5-9)12-16-13(19)11-6-10(15)7-18(11)17-12/h2-7H,1H3,(H,16,17,19). The molecular weight excluding hydrogens is 277 g/mol. The highest BCUT2D eigenvalue weighted by atomic mass is 19.1. The SMILES string of the molecule is COC(=O)c1ccc(-c2nn3cc(F)cc3c(=O)[nH]2)cc1. The van der Waals surface area contributed by atoms with E-state index < -0.39 is 17.3 Å². The van der Waals surface area contributed by atoms with Crippen LogP contribution in [0.2, 0.25) is 0 Å². The molecule has 2 heterocycles. The van der Waals surface area contributed by atoms with Crippen LogP contribution < -0.4 is 5.56 Å². The molecule has 6 nitrogen and oxygen atoms in total. The summed E-state index contributed by atoms with van der Waals surface area (Å²) in [6.07, 6.45) is 1.12. The van der Waals surface area contributed by atoms with E-state index in [2.05, 4.69) is 14.8 Å². The van der Waals surface area contributed by atoms with Crippen molar-refractivity contribution in [3.8, 4) is 11.4 Å². The average molecular weight is 287 g/mol. The second-order valence-electron chi connectivity index (χ2n) is 4.36. The number of nitrogens with zero attached hydrogens (tertiary/aromatic N) is 2. The summed E-state index contributed by atoms with van der Waals surface area (Å²) in [5, 5.41) is 4.13. The van der Waals surface area contributed by atoms with Crippen LogP contribution in [0.15, 0.2) is 41.3 Å². The molecule has 1 N–H and O–H groups in total. The molecule has 3 rings (SSSR count). The number of nitrogens with one attached hydrogen (secondary N) is 1. The van der Waals surface area contributed by atoms with Crippen molar-refractivity contribution < 1.29 is 13.9 Å². The maximum Gasteiger partial charge on any atom is 0.337 e. The number of benzene rings is 1. The third-order valence-corrected chi connectivity index (χ3v) is 3.02. The fourth-order valence-electron chi connectivity index (χ4n) is 1.99. The van der Waals surface area contributed by atoms with Crippen LogP contribution in [0.5, 0.6) is 0 Å². The van der Waals surface area contributed by atoms with E-state index in [0.717, 1.165) is 12.3 Å². The largest absolute Gasteiger partial charge is 0.465 e. The van der Waals surface area contributed by atoms with Gasteiger partial charge in [-0.15, -0.1) is 5.10 Å². The number of H-pyrrole nitrogens is 1. The summed E-state index contributed by atoms with van der Waals surface area (Å²) in [6, 6.07) is 7.46. The molecule has 0 spiro atoms. The topological polar surface area (TPSA) is 76.5 Å². The molecule has 106 valence electrons. The Balaban J connectivity index is 2.07. The van der Waals surface area contributed by atoms with Gasteiger partial charge in [-0.3, -0.25) is 4.79 Å². The van der Waals surface area contributed by atoms with Crippen LogP contribution in [0.4, 0.5) is 4.39 Å². The van der Waals surface area contributed by atoms with Crippen LogP contribution in [0.3, 0.4) is 0 Å². The second-order valence-corrected chi connectivity index (χ2v) is 4.36. The lowest BCUT2D eigenvalue weighted by atomic mass is 10.1. The number of hydrogen-bond acceptors (Lipinski definition) is 4. The van der Waals surface area contributed by atoms with Crippen LogP contribution in [-0.2, 0) is 4.74 Å². The summed E-state index contributed by atoms with van der Waals surface area (Å²) in [4.78, 5) is 25.8. The zero-order valence-corrected chi connectivity index (χ0v) is 11.0. The fourth-order valence-corrected chi connectivity index (χ4v) is 1.99. The van der Waals surface area contributed by atoms with Gasteiger partial charge in [0.25, 0.3) is 5.56 Å². The van der Waals surface area contributed by atoms with Crippen molar-refractivity contribution in [3.63, 3.8) is 0 Å². The third kappa shape index (κ3) is 2.29. The fraction of sp³-hybridized carbons (Fsp3) is 0.0714. The van der Waals surface area contributed by atoms with Crippen molar-refractivity contribution in [2.24, 2.45) is 0 Å². The lowest BCUT2D eigenvalue weighted by Crippen LogP contribution is -2.13. The monoisotopic (exact) mass is 287 g/mol. The normalized spacial score (nSPS) is 10.8. The van der Waals surface area contributed by atoms with Crippen LogP contribution >= 0.6 is 0 Å². The molecule has 0 fully saturated rings. The third-order valence-electron chi connectivity index (χ3n) is 3.02. The number of esters is 1. The van der Waals surface area contributed by atoms with Crippen molar-refractivity contribution in [3.05, 3.63) is 58.3 Å². The molecule has 0 saturated carbocycles. The molecule has 0 bridgehead atoms. The van der Waals surface area contributed by atoms with Gasteiger partial charge in [0.1, 0.15) is 11.3 Å². The lowest BCUT2D eigenvalue weighted by molar-refractivity contribution is 0.0601. The Morgan fingerprint density at radius 1 is 1.33 bits per heavy atom. The van der Waals surface area contributed by atoms with E-state index in [1.54, 1.807) is 24.3 Å². The van der Waals surface area contributed by atoms with E-state index >= 15 is 0 Å². The number of rotatable bonds is 2. The minimum absolute atomic E-state index is 0.127. The molecule has 1 aromatic carbocycles. The highest BCUT2D eigenvalue weighted by molar-refractivity contribution is 5.89. The highest BCUT2D eigenvalue weighted by Gasteiger charge is 2.10. The Kier molecular flexibility index (Phi) is 3.02. The molecule has 3 aromatic rings.